The van der Waals surface area contributed by atoms with Gasteiger partial charge in [0, 0.05) is 19.2 Å². The summed E-state index contributed by atoms with van der Waals surface area (Å²) in [7, 11) is 1.82. The zero-order valence-corrected chi connectivity index (χ0v) is 7.52. The van der Waals surface area contributed by atoms with Crippen LogP contribution in [0.15, 0.2) is 0 Å². The molecule has 1 aromatic heterocycles. The number of nitrogens with zero attached hydrogens (tertiary/aromatic N) is 2. The molecule has 2 N–H and O–H groups in total. The highest BCUT2D eigenvalue weighted by Gasteiger charge is 2.10. The quantitative estimate of drug-likeness (QED) is 0.728. The van der Waals surface area contributed by atoms with Gasteiger partial charge in [-0.15, -0.1) is 0 Å². The molecule has 0 fully saturated rings. The Morgan fingerprint density at radius 2 is 2.27 bits per heavy atom. The van der Waals surface area contributed by atoms with Crippen molar-refractivity contribution in [3.8, 4) is 0 Å². The Kier molecular flexibility index (Phi) is 2.52. The summed E-state index contributed by atoms with van der Waals surface area (Å²) in [5.41, 5.74) is 7.47. The average molecular weight is 174 g/mol. The molecular formula is C7H12ClN3. The molecule has 62 valence electrons. The first-order valence-corrected chi connectivity index (χ1v) is 3.98. The largest absolute Gasteiger partial charge is 0.326 e. The minimum Gasteiger partial charge on any atom is -0.326 e. The molecule has 0 saturated heterocycles. The van der Waals surface area contributed by atoms with Gasteiger partial charge in [0.2, 0.25) is 0 Å². The van der Waals surface area contributed by atoms with Gasteiger partial charge >= 0.3 is 0 Å². The Labute approximate surface area is 71.1 Å². The molecule has 0 atom stereocenters. The van der Waals surface area contributed by atoms with Crippen LogP contribution in [0.2, 0.25) is 5.15 Å². The fraction of sp³-hybridized carbons (Fsp3) is 0.571. The van der Waals surface area contributed by atoms with Crippen molar-refractivity contribution in [2.45, 2.75) is 19.9 Å². The van der Waals surface area contributed by atoms with E-state index >= 15 is 0 Å². The fourth-order valence-corrected chi connectivity index (χ4v) is 1.31. The predicted octanol–water partition coefficient (Wildman–Crippen LogP) is 1.09. The minimum absolute atomic E-state index is 0.468. The molecule has 1 rings (SSSR count). The highest BCUT2D eigenvalue weighted by atomic mass is 35.5. The fourth-order valence-electron chi connectivity index (χ4n) is 1.09. The lowest BCUT2D eigenvalue weighted by molar-refractivity contribution is 0.747. The Morgan fingerprint density at radius 1 is 1.64 bits per heavy atom. The molecular weight excluding hydrogens is 162 g/mol. The maximum atomic E-state index is 5.91. The molecule has 0 saturated carbocycles. The van der Waals surface area contributed by atoms with Crippen LogP contribution in [0, 0.1) is 0 Å². The van der Waals surface area contributed by atoms with Crippen LogP contribution in [0.3, 0.4) is 0 Å². The number of aromatic nitrogens is 2. The van der Waals surface area contributed by atoms with Crippen LogP contribution >= 0.6 is 11.6 Å². The third-order valence-electron chi connectivity index (χ3n) is 1.69. The number of hydrogen-bond acceptors (Lipinski definition) is 2. The molecule has 0 aliphatic heterocycles. The van der Waals surface area contributed by atoms with Gasteiger partial charge in [-0.2, -0.15) is 5.10 Å². The van der Waals surface area contributed by atoms with Crippen molar-refractivity contribution in [1.82, 2.24) is 9.78 Å². The first-order chi connectivity index (χ1) is 5.20. The second kappa shape index (κ2) is 3.24. The lowest BCUT2D eigenvalue weighted by Crippen LogP contribution is -1.98. The van der Waals surface area contributed by atoms with E-state index in [0.29, 0.717) is 11.7 Å². The molecule has 0 aliphatic rings. The predicted molar refractivity (Wildman–Crippen MR) is 45.5 cm³/mol. The molecule has 0 aliphatic carbocycles. The molecule has 0 unspecified atom stereocenters. The third-order valence-corrected chi connectivity index (χ3v) is 2.16. The first-order valence-electron chi connectivity index (χ1n) is 3.61. The lowest BCUT2D eigenvalue weighted by Gasteiger charge is -1.93. The Bertz CT molecular complexity index is 254. The smallest absolute Gasteiger partial charge is 0.131 e. The van der Waals surface area contributed by atoms with Crippen LogP contribution in [0.1, 0.15) is 18.2 Å². The summed E-state index contributed by atoms with van der Waals surface area (Å²) in [6, 6.07) is 0. The summed E-state index contributed by atoms with van der Waals surface area (Å²) in [4.78, 5) is 0. The van der Waals surface area contributed by atoms with Gasteiger partial charge in [0.25, 0.3) is 0 Å². The average Bonchev–Trinajstić information content (AvgIpc) is 2.28. The Morgan fingerprint density at radius 3 is 2.64 bits per heavy atom. The molecule has 0 aromatic carbocycles. The lowest BCUT2D eigenvalue weighted by atomic mass is 10.2. The maximum absolute atomic E-state index is 5.91. The second-order valence-corrected chi connectivity index (χ2v) is 2.76. The van der Waals surface area contributed by atoms with Gasteiger partial charge in [-0.25, -0.2) is 0 Å². The number of aryl methyl sites for hydroxylation is 2. The van der Waals surface area contributed by atoms with E-state index in [1.807, 2.05) is 14.0 Å². The minimum atomic E-state index is 0.468. The Balaban J connectivity index is 3.15. The molecule has 0 bridgehead atoms. The zero-order valence-electron chi connectivity index (χ0n) is 6.76. The zero-order chi connectivity index (χ0) is 8.43. The van der Waals surface area contributed by atoms with Crippen LogP contribution in [0.5, 0.6) is 0 Å². The highest BCUT2D eigenvalue weighted by Crippen LogP contribution is 2.18. The van der Waals surface area contributed by atoms with Crippen LogP contribution < -0.4 is 5.73 Å². The van der Waals surface area contributed by atoms with E-state index in [9.17, 15) is 0 Å². The molecule has 0 spiro atoms. The second-order valence-electron chi connectivity index (χ2n) is 2.40. The van der Waals surface area contributed by atoms with Crippen molar-refractivity contribution in [1.29, 1.82) is 0 Å². The molecule has 4 heteroatoms. The summed E-state index contributed by atoms with van der Waals surface area (Å²) in [5, 5.41) is 4.86. The summed E-state index contributed by atoms with van der Waals surface area (Å²) in [5.74, 6) is 0. The molecule has 1 aromatic rings. The molecule has 1 heterocycles. The van der Waals surface area contributed by atoms with Crippen molar-refractivity contribution in [2.24, 2.45) is 12.8 Å². The van der Waals surface area contributed by atoms with E-state index in [0.717, 1.165) is 17.7 Å². The van der Waals surface area contributed by atoms with E-state index in [1.54, 1.807) is 4.68 Å². The molecule has 3 nitrogen and oxygen atoms in total. The van der Waals surface area contributed by atoms with E-state index in [-0.39, 0.29) is 0 Å². The first kappa shape index (κ1) is 8.56. The van der Waals surface area contributed by atoms with Crippen molar-refractivity contribution in [3.63, 3.8) is 0 Å². The summed E-state index contributed by atoms with van der Waals surface area (Å²) >= 11 is 5.91. The van der Waals surface area contributed by atoms with Crippen molar-refractivity contribution in [2.75, 3.05) is 0 Å². The molecule has 11 heavy (non-hydrogen) atoms. The van der Waals surface area contributed by atoms with Crippen LogP contribution in [0.25, 0.3) is 0 Å². The maximum Gasteiger partial charge on any atom is 0.131 e. The number of nitrogens with two attached hydrogens (primary N) is 1. The summed E-state index contributed by atoms with van der Waals surface area (Å²) in [6.45, 7) is 2.51. The number of rotatable bonds is 2. The molecule has 0 amide bonds. The van der Waals surface area contributed by atoms with Gasteiger partial charge in [-0.05, 0) is 6.42 Å². The third kappa shape index (κ3) is 1.39. The normalized spacial score (nSPS) is 10.5. The summed E-state index contributed by atoms with van der Waals surface area (Å²) in [6.07, 6.45) is 0.882. The van der Waals surface area contributed by atoms with Crippen molar-refractivity contribution >= 4 is 11.6 Å². The van der Waals surface area contributed by atoms with E-state index in [1.165, 1.54) is 0 Å². The van der Waals surface area contributed by atoms with Crippen molar-refractivity contribution < 1.29 is 0 Å². The summed E-state index contributed by atoms with van der Waals surface area (Å²) < 4.78 is 1.66. The topological polar surface area (TPSA) is 43.8 Å². The van der Waals surface area contributed by atoms with Gasteiger partial charge in [-0.3, -0.25) is 4.68 Å². The standard InChI is InChI=1S/C7H12ClN3/c1-3-6-5(4-9)7(8)11(2)10-6/h3-4,9H2,1-2H3. The van der Waals surface area contributed by atoms with Crippen LogP contribution in [-0.2, 0) is 20.0 Å². The monoisotopic (exact) mass is 173 g/mol. The van der Waals surface area contributed by atoms with Crippen LogP contribution in [0.4, 0.5) is 0 Å². The van der Waals surface area contributed by atoms with Crippen LogP contribution in [-0.4, -0.2) is 9.78 Å². The highest BCUT2D eigenvalue weighted by molar-refractivity contribution is 6.30. The van der Waals surface area contributed by atoms with E-state index in [4.69, 9.17) is 17.3 Å². The molecule has 0 radical (unpaired) electrons. The van der Waals surface area contributed by atoms with Gasteiger partial charge in [0.05, 0.1) is 5.69 Å². The van der Waals surface area contributed by atoms with Gasteiger partial charge < -0.3 is 5.73 Å². The van der Waals surface area contributed by atoms with Crippen molar-refractivity contribution in [3.05, 3.63) is 16.4 Å². The number of halogens is 1. The van der Waals surface area contributed by atoms with E-state index in [2.05, 4.69) is 5.10 Å². The van der Waals surface area contributed by atoms with E-state index < -0.39 is 0 Å². The van der Waals surface area contributed by atoms with Gasteiger partial charge in [0.15, 0.2) is 0 Å². The van der Waals surface area contributed by atoms with Gasteiger partial charge in [0.1, 0.15) is 5.15 Å². The van der Waals surface area contributed by atoms with Gasteiger partial charge in [-0.1, -0.05) is 18.5 Å². The SMILES string of the molecule is CCc1nn(C)c(Cl)c1CN. The Hall–Kier alpha value is -0.540. The number of hydrogen-bond donors (Lipinski definition) is 1.